The number of ether oxygens (including phenoxy) is 1. The minimum absolute atomic E-state index is 0.321. The molecule has 0 fully saturated rings. The summed E-state index contributed by atoms with van der Waals surface area (Å²) in [6.07, 6.45) is 3.46. The number of hydrogen-bond acceptors (Lipinski definition) is 5. The molecule has 0 aliphatic rings. The minimum Gasteiger partial charge on any atom is -0.462 e. The number of carbonyl (C=O) groups excluding carboxylic acids is 1. The number of nitrogens with one attached hydrogen (secondary N) is 1. The van der Waals surface area contributed by atoms with Gasteiger partial charge in [-0.2, -0.15) is 5.10 Å². The molecule has 6 nitrogen and oxygen atoms in total. The summed E-state index contributed by atoms with van der Waals surface area (Å²) in [5, 5.41) is 7.40. The zero-order chi connectivity index (χ0) is 16.0. The molecule has 0 saturated carbocycles. The largest absolute Gasteiger partial charge is 0.462 e. The van der Waals surface area contributed by atoms with Crippen LogP contribution >= 0.6 is 0 Å². The number of likely N-dealkylation sites (N-methyl/N-ethyl adjacent to an activating group) is 1. The fraction of sp³-hybridized carbons (Fsp3) is 0.467. The fourth-order valence-corrected chi connectivity index (χ4v) is 1.97. The summed E-state index contributed by atoms with van der Waals surface area (Å²) in [4.78, 5) is 13.9. The second-order valence-electron chi connectivity index (χ2n) is 4.82. The lowest BCUT2D eigenvalue weighted by molar-refractivity contribution is 0.0524. The minimum atomic E-state index is -0.321. The van der Waals surface area contributed by atoms with Gasteiger partial charge in [0, 0.05) is 20.3 Å². The maximum absolute atomic E-state index is 12.0. The Labute approximate surface area is 126 Å². The first kappa shape index (κ1) is 16.8. The number of nitrogens with zero attached hydrogens (tertiary/aromatic N) is 3. The smallest absolute Gasteiger partial charge is 0.341 e. The second-order valence-corrected chi connectivity index (χ2v) is 4.82. The van der Waals surface area contributed by atoms with Crippen LogP contribution in [0.5, 0.6) is 0 Å². The number of aromatic nitrogens is 2. The van der Waals surface area contributed by atoms with Crippen LogP contribution in [-0.4, -0.2) is 41.4 Å². The average Bonchev–Trinajstić information content (AvgIpc) is 2.69. The number of allylic oxidation sites excluding steroid dienone is 1. The highest BCUT2D eigenvalue weighted by atomic mass is 16.5. The van der Waals surface area contributed by atoms with Crippen LogP contribution in [-0.2, 0) is 11.3 Å². The van der Waals surface area contributed by atoms with E-state index in [0.29, 0.717) is 24.4 Å². The first-order chi connectivity index (χ1) is 9.92. The number of aryl methyl sites for hydroxylation is 1. The third-order valence-electron chi connectivity index (χ3n) is 3.12. The Morgan fingerprint density at radius 1 is 1.48 bits per heavy atom. The lowest BCUT2D eigenvalue weighted by Gasteiger charge is -2.18. The van der Waals surface area contributed by atoms with Crippen LogP contribution in [0, 0.1) is 13.8 Å². The van der Waals surface area contributed by atoms with E-state index in [-0.39, 0.29) is 5.97 Å². The van der Waals surface area contributed by atoms with Gasteiger partial charge >= 0.3 is 5.97 Å². The predicted molar refractivity (Wildman–Crippen MR) is 82.8 cm³/mol. The van der Waals surface area contributed by atoms with E-state index in [0.717, 1.165) is 11.4 Å². The van der Waals surface area contributed by atoms with Crippen LogP contribution in [0.15, 0.2) is 24.7 Å². The van der Waals surface area contributed by atoms with Crippen molar-refractivity contribution in [2.45, 2.75) is 27.3 Å². The van der Waals surface area contributed by atoms with Crippen LogP contribution in [0.2, 0.25) is 0 Å². The Morgan fingerprint density at radius 2 is 2.14 bits per heavy atom. The molecule has 0 amide bonds. The van der Waals surface area contributed by atoms with E-state index in [2.05, 4.69) is 17.0 Å². The van der Waals surface area contributed by atoms with E-state index in [1.54, 1.807) is 17.8 Å². The summed E-state index contributed by atoms with van der Waals surface area (Å²) in [5.41, 5.74) is 3.04. The molecule has 1 aromatic rings. The van der Waals surface area contributed by atoms with E-state index in [9.17, 15) is 4.79 Å². The summed E-state index contributed by atoms with van der Waals surface area (Å²) in [5.74, 6) is -0.321. The lowest BCUT2D eigenvalue weighted by atomic mass is 10.2. The number of carbonyl (C=O) groups is 1. The molecular weight excluding hydrogens is 268 g/mol. The molecule has 0 aliphatic heterocycles. The van der Waals surface area contributed by atoms with Crippen molar-refractivity contribution in [1.82, 2.24) is 20.0 Å². The van der Waals surface area contributed by atoms with Crippen molar-refractivity contribution in [3.05, 3.63) is 41.6 Å². The van der Waals surface area contributed by atoms with Crippen molar-refractivity contribution < 1.29 is 9.53 Å². The van der Waals surface area contributed by atoms with Gasteiger partial charge in [-0.05, 0) is 27.0 Å². The highest BCUT2D eigenvalue weighted by molar-refractivity contribution is 5.91. The molecule has 6 heteroatoms. The van der Waals surface area contributed by atoms with E-state index in [4.69, 9.17) is 4.74 Å². The molecule has 0 aliphatic carbocycles. The molecular formula is C15H24N4O2. The van der Waals surface area contributed by atoms with Crippen molar-refractivity contribution in [2.75, 3.05) is 20.7 Å². The Kier molecular flexibility index (Phi) is 6.02. The van der Waals surface area contributed by atoms with Gasteiger partial charge in [0.2, 0.25) is 0 Å². The van der Waals surface area contributed by atoms with Crippen LogP contribution in [0.3, 0.4) is 0 Å². The highest BCUT2D eigenvalue weighted by Crippen LogP contribution is 2.16. The van der Waals surface area contributed by atoms with E-state index < -0.39 is 0 Å². The van der Waals surface area contributed by atoms with Gasteiger partial charge < -0.3 is 15.0 Å². The maximum atomic E-state index is 12.0. The summed E-state index contributed by atoms with van der Waals surface area (Å²) in [7, 11) is 3.91. The zero-order valence-corrected chi connectivity index (χ0v) is 13.4. The molecule has 116 valence electrons. The molecule has 0 radical (unpaired) electrons. The van der Waals surface area contributed by atoms with Crippen LogP contribution < -0.4 is 5.32 Å². The molecule has 0 bridgehead atoms. The summed E-state index contributed by atoms with van der Waals surface area (Å²) in [6, 6.07) is 0. The third kappa shape index (κ3) is 4.11. The van der Waals surface area contributed by atoms with Crippen LogP contribution in [0.1, 0.15) is 28.7 Å². The molecule has 1 heterocycles. The molecule has 21 heavy (non-hydrogen) atoms. The van der Waals surface area contributed by atoms with Crippen LogP contribution in [0.4, 0.5) is 0 Å². The van der Waals surface area contributed by atoms with Crippen molar-refractivity contribution in [3.8, 4) is 0 Å². The van der Waals surface area contributed by atoms with Crippen LogP contribution in [0.25, 0.3) is 0 Å². The molecule has 1 aromatic heterocycles. The molecule has 0 unspecified atom stereocenters. The standard InChI is InChI=1S/C15H24N4O2/c1-7-16-9-13(18(5)6)10-19-12(4)14(11(3)17-19)15(20)21-8-2/h7,9,16H,1,8,10H2,2-6H3/b13-9-. The summed E-state index contributed by atoms with van der Waals surface area (Å²) >= 11 is 0. The summed E-state index contributed by atoms with van der Waals surface area (Å²) in [6.45, 7) is 10.0. The Hall–Kier alpha value is -2.24. The second kappa shape index (κ2) is 7.52. The van der Waals surface area contributed by atoms with Crippen molar-refractivity contribution in [2.24, 2.45) is 0 Å². The predicted octanol–water partition coefficient (Wildman–Crippen LogP) is 1.81. The Balaban J connectivity index is 3.07. The van der Waals surface area contributed by atoms with Gasteiger partial charge in [-0.25, -0.2) is 4.79 Å². The molecule has 0 spiro atoms. The Bertz CT molecular complexity index is 544. The monoisotopic (exact) mass is 292 g/mol. The molecule has 1 N–H and O–H groups in total. The molecule has 0 saturated heterocycles. The Morgan fingerprint density at radius 3 is 2.67 bits per heavy atom. The van der Waals surface area contributed by atoms with E-state index in [1.165, 1.54) is 0 Å². The van der Waals surface area contributed by atoms with Crippen molar-refractivity contribution in [3.63, 3.8) is 0 Å². The van der Waals surface area contributed by atoms with Gasteiger partial charge in [-0.15, -0.1) is 0 Å². The van der Waals surface area contributed by atoms with Gasteiger partial charge in [-0.1, -0.05) is 6.58 Å². The van der Waals surface area contributed by atoms with Gasteiger partial charge in [0.15, 0.2) is 0 Å². The van der Waals surface area contributed by atoms with Gasteiger partial charge in [-0.3, -0.25) is 4.68 Å². The first-order valence-corrected chi connectivity index (χ1v) is 6.86. The average molecular weight is 292 g/mol. The maximum Gasteiger partial charge on any atom is 0.341 e. The van der Waals surface area contributed by atoms with Gasteiger partial charge in [0.05, 0.1) is 30.2 Å². The number of esters is 1. The topological polar surface area (TPSA) is 59.4 Å². The summed E-state index contributed by atoms with van der Waals surface area (Å²) < 4.78 is 6.88. The number of rotatable bonds is 7. The van der Waals surface area contributed by atoms with E-state index in [1.807, 2.05) is 39.0 Å². The molecule has 1 rings (SSSR count). The highest BCUT2D eigenvalue weighted by Gasteiger charge is 2.20. The fourth-order valence-electron chi connectivity index (χ4n) is 1.97. The third-order valence-corrected chi connectivity index (χ3v) is 3.12. The lowest BCUT2D eigenvalue weighted by Crippen LogP contribution is -2.20. The van der Waals surface area contributed by atoms with Gasteiger partial charge in [0.25, 0.3) is 0 Å². The van der Waals surface area contributed by atoms with Crippen molar-refractivity contribution in [1.29, 1.82) is 0 Å². The van der Waals surface area contributed by atoms with E-state index >= 15 is 0 Å². The quantitative estimate of drug-likeness (QED) is 0.777. The van der Waals surface area contributed by atoms with Crippen molar-refractivity contribution >= 4 is 5.97 Å². The molecule has 0 atom stereocenters. The first-order valence-electron chi connectivity index (χ1n) is 6.86. The zero-order valence-electron chi connectivity index (χ0n) is 13.4. The normalized spacial score (nSPS) is 11.2. The SMILES string of the molecule is C=CN/C=C(/Cn1nc(C)c(C(=O)OCC)c1C)N(C)C. The van der Waals surface area contributed by atoms with Gasteiger partial charge in [0.1, 0.15) is 5.56 Å². The number of hydrogen-bond donors (Lipinski definition) is 1. The molecule has 0 aromatic carbocycles.